The molecule has 6 aromatic heterocycles. The molecule has 17 nitrogen and oxygen atoms in total. The molecule has 0 saturated heterocycles. The first-order chi connectivity index (χ1) is 61.9. The van der Waals surface area contributed by atoms with Gasteiger partial charge in [-0.2, -0.15) is 57.6 Å². The van der Waals surface area contributed by atoms with E-state index in [-0.39, 0.29) is 68.6 Å². The molecule has 12 aromatic carbocycles. The number of benzene rings is 12. The van der Waals surface area contributed by atoms with E-state index in [4.69, 9.17) is 39.2 Å². The van der Waals surface area contributed by atoms with Crippen LogP contribution < -0.4 is 28.9 Å². The molecule has 0 bridgehead atoms. The summed E-state index contributed by atoms with van der Waals surface area (Å²) in [6, 6.07) is 118. The van der Waals surface area contributed by atoms with Gasteiger partial charge in [-0.3, -0.25) is 9.97 Å². The van der Waals surface area contributed by atoms with E-state index in [1.165, 1.54) is 25.8 Å². The second-order valence-corrected chi connectivity index (χ2v) is 35.3. The van der Waals surface area contributed by atoms with Gasteiger partial charge < -0.3 is 38.0 Å². The molecule has 130 heavy (non-hydrogen) atoms. The fourth-order valence-electron chi connectivity index (χ4n) is 15.7. The molecule has 3 aliphatic rings. The molecule has 648 valence electrons. The molecule has 3 aliphatic heterocycles. The summed E-state index contributed by atoms with van der Waals surface area (Å²) in [6.07, 6.45) is 6.52. The van der Waals surface area contributed by atoms with Crippen molar-refractivity contribution in [3.8, 4) is 85.6 Å². The van der Waals surface area contributed by atoms with Gasteiger partial charge in [0.15, 0.2) is 0 Å². The zero-order valence-electron chi connectivity index (χ0n) is 72.4. The molecule has 21 rings (SSSR count). The van der Waals surface area contributed by atoms with Gasteiger partial charge >= 0.3 is 63.2 Å². The average Bonchev–Trinajstić information content (AvgIpc) is 1.06. The molecule has 0 unspecified atom stereocenters. The number of nitrogens with zero attached hydrogens (tertiary/aromatic N) is 14. The number of hydrogen-bond acceptors (Lipinski definition) is 17. The van der Waals surface area contributed by atoms with E-state index < -0.39 is 0 Å². The predicted octanol–water partition coefficient (Wildman–Crippen LogP) is 27.6. The second-order valence-electron chi connectivity index (χ2n) is 32.1. The van der Waals surface area contributed by atoms with Crippen molar-refractivity contribution in [1.29, 1.82) is 0 Å². The zero-order valence-corrected chi connectivity index (χ0v) is 81.7. The minimum atomic E-state index is 0. The normalized spacial score (nSPS) is 12.0. The third-order valence-electron chi connectivity index (χ3n) is 21.5. The van der Waals surface area contributed by atoms with Gasteiger partial charge in [-0.05, 0) is 183 Å². The van der Waals surface area contributed by atoms with Gasteiger partial charge in [0.2, 0.25) is 0 Å². The molecule has 0 atom stereocenters. The van der Waals surface area contributed by atoms with E-state index in [1.54, 1.807) is 35.3 Å². The van der Waals surface area contributed by atoms with E-state index >= 15 is 0 Å². The van der Waals surface area contributed by atoms with Crippen molar-refractivity contribution in [2.45, 2.75) is 110 Å². The summed E-state index contributed by atoms with van der Waals surface area (Å²) in [4.78, 5) is 37.1. The second kappa shape index (κ2) is 39.8. The Morgan fingerprint density at radius 1 is 0.369 bits per heavy atom. The van der Waals surface area contributed by atoms with Gasteiger partial charge in [0, 0.05) is 90.5 Å². The van der Waals surface area contributed by atoms with E-state index in [0.717, 1.165) is 141 Å². The van der Waals surface area contributed by atoms with Crippen LogP contribution in [-0.4, -0.2) is 54.0 Å². The van der Waals surface area contributed by atoms with Crippen LogP contribution in [0.25, 0.3) is 51.1 Å². The van der Waals surface area contributed by atoms with Crippen molar-refractivity contribution in [3.05, 3.63) is 386 Å². The summed E-state index contributed by atoms with van der Waals surface area (Å²) in [6.45, 7) is 21.3. The van der Waals surface area contributed by atoms with Crippen molar-refractivity contribution in [2.75, 3.05) is 14.7 Å². The third-order valence-corrected chi connectivity index (χ3v) is 25.0. The average molecular weight is 2300 g/mol. The van der Waals surface area contributed by atoms with E-state index in [0.29, 0.717) is 52.1 Å². The summed E-state index contributed by atoms with van der Waals surface area (Å²) < 4.78 is 25.2. The maximum absolute atomic E-state index is 6.42. The van der Waals surface area contributed by atoms with Crippen LogP contribution in [0.15, 0.2) is 339 Å². The molecule has 0 spiro atoms. The van der Waals surface area contributed by atoms with Crippen LogP contribution in [0, 0.1) is 76.9 Å². The Morgan fingerprint density at radius 3 is 1.46 bits per heavy atom. The van der Waals surface area contributed by atoms with Gasteiger partial charge in [-0.1, -0.05) is 171 Å². The molecule has 0 radical (unpaired) electrons. The van der Waals surface area contributed by atoms with Crippen LogP contribution in [0.1, 0.15) is 74.5 Å². The smallest absolute Gasteiger partial charge is 0.503 e. The van der Waals surface area contributed by atoms with Gasteiger partial charge in [-0.25, -0.2) is 19.6 Å². The quantitative estimate of drug-likeness (QED) is 0.0793. The number of anilines is 9. The van der Waals surface area contributed by atoms with Crippen LogP contribution >= 0.6 is 35.3 Å². The number of ether oxygens (including phenoxy) is 3. The number of pyridine rings is 3. The van der Waals surface area contributed by atoms with Crippen molar-refractivity contribution in [2.24, 2.45) is 5.92 Å². The predicted molar refractivity (Wildman–Crippen MR) is 506 cm³/mol. The number of aryl methyl sites for hydroxylation is 4. The van der Waals surface area contributed by atoms with Gasteiger partial charge in [-0.15, -0.1) is 118 Å². The molecular weight excluding hydrogens is 2210 g/mol. The molecule has 0 amide bonds. The Balaban J connectivity index is 0.000000141. The molecule has 9 heterocycles. The first kappa shape index (κ1) is 90.8. The topological polar surface area (TPSA) is 155 Å². The SMILES string of the molecule is Cc1cc(Oc2[c-]c(-c3nc(C)n(-c4ccccc4)c3C)ccc2)[c-]c2c1Sc1ccccc1N2c1ccccn1.Cc1nc(-c2[c-]c(Oc3[c-]c4c(cc3)Sc3ccccc3N4c3cc(CC(C)C)ccn3)ccc2)nn1-c1ccccc1.Cc1nnc(-c2[c-]c(Oc3[c-]c4c(cc3)Sc3cc(C(C)(C)C)ccc3N4c3ccccn3)ccc2)n1-c1ccccc1.[Pt+2].[Pt+2].[Pt+2]. The molecular formula is C107H84N14O3Pt3S3. The van der Waals surface area contributed by atoms with Gasteiger partial charge in [0.05, 0.1) is 40.2 Å². The Labute approximate surface area is 813 Å². The first-order valence-electron chi connectivity index (χ1n) is 41.9. The van der Waals surface area contributed by atoms with Gasteiger partial charge in [0.1, 0.15) is 29.1 Å². The summed E-state index contributed by atoms with van der Waals surface area (Å²) in [5, 5.41) is 13.5. The molecule has 23 heteroatoms. The Hall–Kier alpha value is -12.5. The zero-order chi connectivity index (χ0) is 86.8. The standard InChI is InChI=1S/2C36H29N5OS.C35H26N4OS.3Pt/c1-24-38-39-35(40(24)27-12-6-5-7-13-27)25-11-10-14-28(21-25)42-29-17-19-32-31(23-29)41(34-15-8-9-20-37-34)30-18-16-26(36(2,3)4)22-33(30)43-32;1-24(2)20-26-18-19-37-35(21-26)40-31-14-7-8-15-33(31)43-34-17-16-30(23-32(34)40)42-29-13-9-10-27(22-29)36-38-25(3)41(39-36)28-11-5-4-6-12-28;1-23-20-29(22-31-35(23)41-32-17-8-7-16-30(32)39(31)33-18-9-10-19-36-33)40-28-15-11-12-26(21-28)34-24(2)38(25(3)37-34)27-13-5-4-6-14-27;;;/h5-20,22H,1-4H3;4-19,21,24H,20H2,1-3H3;4-20H,1-3H3;;;/q3*-2;3*+2. The minimum absolute atomic E-state index is 0. The molecule has 0 N–H and O–H groups in total. The number of rotatable bonds is 17. The van der Waals surface area contributed by atoms with Crippen LogP contribution in [0.2, 0.25) is 0 Å². The number of fused-ring (bicyclic) bond motifs is 6. The Bertz CT molecular complexity index is 7080. The summed E-state index contributed by atoms with van der Waals surface area (Å²) in [5.74, 6) is 10.4. The molecule has 18 aromatic rings. The number of para-hydroxylation sites is 5. The van der Waals surface area contributed by atoms with Gasteiger partial charge in [0.25, 0.3) is 0 Å². The van der Waals surface area contributed by atoms with Crippen LogP contribution in [0.3, 0.4) is 0 Å². The number of aromatic nitrogens is 11. The largest absolute Gasteiger partial charge is 2.00 e. The fourth-order valence-corrected chi connectivity index (χ4v) is 18.8. The third kappa shape index (κ3) is 19.4. The van der Waals surface area contributed by atoms with Crippen molar-refractivity contribution in [1.82, 2.24) is 54.0 Å². The summed E-state index contributed by atoms with van der Waals surface area (Å²) in [5.41, 5.74) is 17.1. The summed E-state index contributed by atoms with van der Waals surface area (Å²) >= 11 is 5.23. The first-order valence-corrected chi connectivity index (χ1v) is 44.3. The van der Waals surface area contributed by atoms with Crippen LogP contribution in [0.4, 0.5) is 51.6 Å². The summed E-state index contributed by atoms with van der Waals surface area (Å²) in [7, 11) is 0. The van der Waals surface area contributed by atoms with Crippen molar-refractivity contribution < 1.29 is 77.4 Å². The van der Waals surface area contributed by atoms with E-state index in [1.807, 2.05) is 237 Å². The maximum atomic E-state index is 6.42. The number of imidazole rings is 1. The molecule has 0 fully saturated rings. The van der Waals surface area contributed by atoms with E-state index in [9.17, 15) is 0 Å². The van der Waals surface area contributed by atoms with Crippen LogP contribution in [-0.2, 0) is 75.0 Å². The Kier molecular flexibility index (Phi) is 27.8. The molecule has 0 saturated carbocycles. The van der Waals surface area contributed by atoms with Crippen molar-refractivity contribution in [3.63, 3.8) is 0 Å². The maximum Gasteiger partial charge on any atom is 2.00 e. The fraction of sp³-hybridized carbons (Fsp3) is 0.121. The monoisotopic (exact) mass is 2290 g/mol. The minimum Gasteiger partial charge on any atom is -0.503 e. The number of hydrogen-bond donors (Lipinski definition) is 0. The Morgan fingerprint density at radius 2 is 0.862 bits per heavy atom. The molecule has 0 aliphatic carbocycles. The van der Waals surface area contributed by atoms with E-state index in [2.05, 4.69) is 222 Å². The van der Waals surface area contributed by atoms with Crippen molar-refractivity contribution >= 4 is 86.9 Å². The van der Waals surface area contributed by atoms with Crippen LogP contribution in [0.5, 0.6) is 34.5 Å².